The molecule has 1 N–H and O–H groups in total. The van der Waals surface area contributed by atoms with Crippen molar-refractivity contribution in [3.8, 4) is 0 Å². The number of ether oxygens (including phenoxy) is 1. The second kappa shape index (κ2) is 9.06. The van der Waals surface area contributed by atoms with Gasteiger partial charge in [0.05, 0.1) is 25.7 Å². The lowest BCUT2D eigenvalue weighted by atomic mass is 9.84. The Morgan fingerprint density at radius 3 is 2.67 bits per heavy atom. The number of nitrogens with zero attached hydrogens (tertiary/aromatic N) is 4. The highest BCUT2D eigenvalue weighted by molar-refractivity contribution is 5.77. The summed E-state index contributed by atoms with van der Waals surface area (Å²) in [7, 11) is 2.01. The number of rotatable bonds is 9. The fourth-order valence-electron chi connectivity index (χ4n) is 5.15. The SMILES string of the molecule is CCN(CC)C(=O)C[C@@H]1OC[C@@H]2[C@H]1[C@H](CC(=O)NC1CC1)CN2Cc1nccn1C. The number of aryl methyl sites for hydroxylation is 1. The Morgan fingerprint density at radius 2 is 2.03 bits per heavy atom. The molecule has 4 rings (SSSR count). The third-order valence-electron chi connectivity index (χ3n) is 6.98. The highest BCUT2D eigenvalue weighted by atomic mass is 16.5. The van der Waals surface area contributed by atoms with E-state index in [0.717, 1.165) is 31.8 Å². The van der Waals surface area contributed by atoms with E-state index in [2.05, 4.69) is 15.2 Å². The molecule has 166 valence electrons. The predicted molar refractivity (Wildman–Crippen MR) is 112 cm³/mol. The molecule has 0 spiro atoms. The number of imidazole rings is 1. The smallest absolute Gasteiger partial charge is 0.225 e. The quantitative estimate of drug-likeness (QED) is 0.652. The number of carbonyl (C=O) groups excluding carboxylic acids is 2. The van der Waals surface area contributed by atoms with Crippen LogP contribution in [0, 0.1) is 11.8 Å². The maximum Gasteiger partial charge on any atom is 0.225 e. The third-order valence-corrected chi connectivity index (χ3v) is 6.98. The molecule has 1 saturated carbocycles. The number of aromatic nitrogens is 2. The molecule has 8 heteroatoms. The molecule has 1 aliphatic carbocycles. The van der Waals surface area contributed by atoms with E-state index in [0.29, 0.717) is 38.6 Å². The van der Waals surface area contributed by atoms with Gasteiger partial charge in [-0.15, -0.1) is 0 Å². The number of amides is 2. The van der Waals surface area contributed by atoms with Crippen LogP contribution >= 0.6 is 0 Å². The normalized spacial score (nSPS) is 28.5. The van der Waals surface area contributed by atoms with Crippen molar-refractivity contribution in [3.63, 3.8) is 0 Å². The maximum absolute atomic E-state index is 12.8. The molecule has 4 atom stereocenters. The number of hydrogen-bond acceptors (Lipinski definition) is 5. The van der Waals surface area contributed by atoms with Crippen LogP contribution in [0.2, 0.25) is 0 Å². The van der Waals surface area contributed by atoms with Crippen molar-refractivity contribution in [2.75, 3.05) is 26.2 Å². The van der Waals surface area contributed by atoms with Crippen LogP contribution in [0.4, 0.5) is 0 Å². The summed E-state index contributed by atoms with van der Waals surface area (Å²) < 4.78 is 8.21. The molecule has 0 aromatic carbocycles. The molecular weight excluding hydrogens is 382 g/mol. The van der Waals surface area contributed by atoms with E-state index in [-0.39, 0.29) is 35.8 Å². The summed E-state index contributed by atoms with van der Waals surface area (Å²) in [6.07, 6.45) is 6.76. The van der Waals surface area contributed by atoms with Crippen LogP contribution in [-0.4, -0.2) is 75.6 Å². The summed E-state index contributed by atoms with van der Waals surface area (Å²) in [6, 6.07) is 0.605. The van der Waals surface area contributed by atoms with Crippen LogP contribution in [0.1, 0.15) is 45.4 Å². The molecule has 30 heavy (non-hydrogen) atoms. The molecule has 2 amide bonds. The lowest BCUT2D eigenvalue weighted by molar-refractivity contribution is -0.133. The van der Waals surface area contributed by atoms with E-state index >= 15 is 0 Å². The molecule has 2 saturated heterocycles. The minimum absolute atomic E-state index is 0.117. The first kappa shape index (κ1) is 21.3. The second-order valence-corrected chi connectivity index (χ2v) is 8.98. The molecule has 3 heterocycles. The monoisotopic (exact) mass is 417 g/mol. The number of nitrogens with one attached hydrogen (secondary N) is 1. The van der Waals surface area contributed by atoms with Crippen molar-refractivity contribution < 1.29 is 14.3 Å². The standard InChI is InChI=1S/C22H35N5O3/c1-4-26(5-2)21(29)11-18-22-15(10-20(28)24-16-6-7-16)12-27(17(22)14-30-18)13-19-23-8-9-25(19)3/h8-9,15-18,22H,4-7,10-14H2,1-3H3,(H,24,28)/t15-,17-,18+,22-/m1/s1. The molecule has 2 aliphatic heterocycles. The summed E-state index contributed by atoms with van der Waals surface area (Å²) in [5, 5.41) is 3.13. The zero-order valence-electron chi connectivity index (χ0n) is 18.4. The van der Waals surface area contributed by atoms with Crippen LogP contribution in [0.25, 0.3) is 0 Å². The second-order valence-electron chi connectivity index (χ2n) is 8.98. The number of likely N-dealkylation sites (tertiary alicyclic amines) is 1. The van der Waals surface area contributed by atoms with Crippen molar-refractivity contribution >= 4 is 11.8 Å². The van der Waals surface area contributed by atoms with Gasteiger partial charge in [-0.2, -0.15) is 0 Å². The third kappa shape index (κ3) is 4.54. The van der Waals surface area contributed by atoms with Gasteiger partial charge >= 0.3 is 0 Å². The van der Waals surface area contributed by atoms with Gasteiger partial charge < -0.3 is 19.5 Å². The van der Waals surface area contributed by atoms with Crippen molar-refractivity contribution in [2.24, 2.45) is 18.9 Å². The summed E-state index contributed by atoms with van der Waals surface area (Å²) in [5.74, 6) is 1.70. The molecule has 0 radical (unpaired) electrons. The fourth-order valence-corrected chi connectivity index (χ4v) is 5.15. The predicted octanol–water partition coefficient (Wildman–Crippen LogP) is 1.16. The van der Waals surface area contributed by atoms with Gasteiger partial charge in [-0.25, -0.2) is 4.98 Å². The highest BCUT2D eigenvalue weighted by Gasteiger charge is 2.51. The van der Waals surface area contributed by atoms with Crippen molar-refractivity contribution in [1.29, 1.82) is 0 Å². The van der Waals surface area contributed by atoms with Crippen LogP contribution in [0.5, 0.6) is 0 Å². The van der Waals surface area contributed by atoms with E-state index < -0.39 is 0 Å². The summed E-state index contributed by atoms with van der Waals surface area (Å²) in [5.41, 5.74) is 0. The zero-order valence-corrected chi connectivity index (χ0v) is 18.4. The van der Waals surface area contributed by atoms with Gasteiger partial charge in [0.1, 0.15) is 5.82 Å². The molecule has 8 nitrogen and oxygen atoms in total. The van der Waals surface area contributed by atoms with Gasteiger partial charge in [0.2, 0.25) is 11.8 Å². The van der Waals surface area contributed by atoms with E-state index in [1.54, 1.807) is 0 Å². The average molecular weight is 418 g/mol. The lowest BCUT2D eigenvalue weighted by Gasteiger charge is -2.26. The van der Waals surface area contributed by atoms with Gasteiger partial charge in [-0.05, 0) is 32.6 Å². The molecule has 1 aromatic rings. The van der Waals surface area contributed by atoms with Crippen LogP contribution in [0.15, 0.2) is 12.4 Å². The molecule has 1 aromatic heterocycles. The minimum atomic E-state index is -0.117. The van der Waals surface area contributed by atoms with Crippen LogP contribution < -0.4 is 5.32 Å². The lowest BCUT2D eigenvalue weighted by Crippen LogP contribution is -2.37. The molecule has 3 fully saturated rings. The van der Waals surface area contributed by atoms with Crippen molar-refractivity contribution in [1.82, 2.24) is 24.7 Å². The molecular formula is C22H35N5O3. The van der Waals surface area contributed by atoms with Crippen molar-refractivity contribution in [3.05, 3.63) is 18.2 Å². The van der Waals surface area contributed by atoms with Crippen LogP contribution in [-0.2, 0) is 27.9 Å². The van der Waals surface area contributed by atoms with E-state index in [4.69, 9.17) is 4.74 Å². The number of carbonyl (C=O) groups is 2. The largest absolute Gasteiger partial charge is 0.376 e. The van der Waals surface area contributed by atoms with E-state index in [1.165, 1.54) is 0 Å². The maximum atomic E-state index is 12.8. The molecule has 3 aliphatic rings. The summed E-state index contributed by atoms with van der Waals surface area (Å²) >= 11 is 0. The summed E-state index contributed by atoms with van der Waals surface area (Å²) in [6.45, 7) is 7.66. The zero-order chi connectivity index (χ0) is 21.3. The Hall–Kier alpha value is -1.93. The number of hydrogen-bond donors (Lipinski definition) is 1. The van der Waals surface area contributed by atoms with E-state index in [9.17, 15) is 9.59 Å². The fraction of sp³-hybridized carbons (Fsp3) is 0.773. The Morgan fingerprint density at radius 1 is 1.27 bits per heavy atom. The average Bonchev–Trinajstić information content (AvgIpc) is 3.13. The Labute approximate surface area is 178 Å². The first-order valence-corrected chi connectivity index (χ1v) is 11.4. The molecule has 0 bridgehead atoms. The van der Waals surface area contributed by atoms with Gasteiger partial charge in [0.25, 0.3) is 0 Å². The first-order chi connectivity index (χ1) is 14.5. The summed E-state index contributed by atoms with van der Waals surface area (Å²) in [4.78, 5) is 34.1. The van der Waals surface area contributed by atoms with E-state index in [1.807, 2.05) is 42.8 Å². The first-order valence-electron chi connectivity index (χ1n) is 11.4. The topological polar surface area (TPSA) is 79.7 Å². The van der Waals surface area contributed by atoms with Crippen molar-refractivity contribution in [2.45, 2.75) is 64.3 Å². The van der Waals surface area contributed by atoms with Gasteiger partial charge in [-0.1, -0.05) is 0 Å². The Kier molecular flexibility index (Phi) is 6.43. The molecule has 0 unspecified atom stereocenters. The Bertz CT molecular complexity index is 758. The Balaban J connectivity index is 1.47. The number of fused-ring (bicyclic) bond motifs is 1. The van der Waals surface area contributed by atoms with Crippen LogP contribution in [0.3, 0.4) is 0 Å². The van der Waals surface area contributed by atoms with Gasteiger partial charge in [-0.3, -0.25) is 14.5 Å². The highest BCUT2D eigenvalue weighted by Crippen LogP contribution is 2.42. The van der Waals surface area contributed by atoms with Gasteiger partial charge in [0, 0.05) is 63.5 Å². The van der Waals surface area contributed by atoms with Gasteiger partial charge in [0.15, 0.2) is 0 Å². The minimum Gasteiger partial charge on any atom is -0.376 e.